The lowest BCUT2D eigenvalue weighted by Gasteiger charge is -2.20. The minimum Gasteiger partial charge on any atom is -0.495 e. The number of nitrogens with one attached hydrogen (secondary N) is 2. The number of rotatable bonds is 6. The second-order valence-corrected chi connectivity index (χ2v) is 6.21. The van der Waals surface area contributed by atoms with Crippen molar-refractivity contribution < 1.29 is 31.8 Å². The van der Waals surface area contributed by atoms with Crippen LogP contribution < -0.4 is 20.3 Å². The van der Waals surface area contributed by atoms with Gasteiger partial charge < -0.3 is 19.8 Å². The van der Waals surface area contributed by atoms with Gasteiger partial charge in [-0.05, 0) is 35.9 Å². The molecule has 3 rings (SSSR count). The first-order valence-electron chi connectivity index (χ1n) is 8.71. The van der Waals surface area contributed by atoms with E-state index < -0.39 is 35.4 Å². The fraction of sp³-hybridized carbons (Fsp3) is 0.150. The minimum absolute atomic E-state index is 0.107. The zero-order valence-electron chi connectivity index (χ0n) is 15.9. The standard InChI is InChI=1S/C20H15F4N3O4/c1-30-13-4-5-15(25-10-13)18(27-19(29)12-3-7-17(28)26-9-12)11-2-6-16(14(21)8-11)31-20(22,23)24/h2-10,18H,1H3,(H,26,28)(H,27,29). The molecule has 2 N–H and O–H groups in total. The van der Waals surface area contributed by atoms with Crippen molar-refractivity contribution in [1.82, 2.24) is 15.3 Å². The molecule has 1 unspecified atom stereocenters. The number of carbonyl (C=O) groups excluding carboxylic acids is 1. The summed E-state index contributed by atoms with van der Waals surface area (Å²) in [5.41, 5.74) is 0.0767. The molecular formula is C20H15F4N3O4. The second-order valence-electron chi connectivity index (χ2n) is 6.21. The van der Waals surface area contributed by atoms with Crippen molar-refractivity contribution in [1.29, 1.82) is 0 Å². The number of pyridine rings is 2. The molecule has 0 radical (unpaired) electrons. The summed E-state index contributed by atoms with van der Waals surface area (Å²) in [5, 5.41) is 2.62. The predicted octanol–water partition coefficient (Wildman–Crippen LogP) is 3.34. The van der Waals surface area contributed by atoms with Crippen molar-refractivity contribution in [3.8, 4) is 11.5 Å². The summed E-state index contributed by atoms with van der Waals surface area (Å²) in [6, 6.07) is 7.26. The molecule has 1 amide bonds. The molecule has 0 saturated carbocycles. The van der Waals surface area contributed by atoms with Crippen LogP contribution in [-0.2, 0) is 0 Å². The quantitative estimate of drug-likeness (QED) is 0.577. The van der Waals surface area contributed by atoms with E-state index in [0.29, 0.717) is 5.75 Å². The molecule has 162 valence electrons. The molecule has 1 atom stereocenters. The lowest BCUT2D eigenvalue weighted by atomic mass is 10.0. The maximum Gasteiger partial charge on any atom is 0.573 e. The monoisotopic (exact) mass is 437 g/mol. The van der Waals surface area contributed by atoms with E-state index in [0.717, 1.165) is 18.2 Å². The Morgan fingerprint density at radius 2 is 1.94 bits per heavy atom. The molecule has 0 saturated heterocycles. The summed E-state index contributed by atoms with van der Waals surface area (Å²) in [6.07, 6.45) is -2.50. The summed E-state index contributed by atoms with van der Waals surface area (Å²) in [4.78, 5) is 30.3. The Morgan fingerprint density at radius 1 is 1.16 bits per heavy atom. The molecule has 11 heteroatoms. The first-order valence-corrected chi connectivity index (χ1v) is 8.71. The highest BCUT2D eigenvalue weighted by Crippen LogP contribution is 2.30. The highest BCUT2D eigenvalue weighted by molar-refractivity contribution is 5.94. The molecule has 3 aromatic rings. The number of ether oxygens (including phenoxy) is 2. The maximum absolute atomic E-state index is 14.3. The number of H-pyrrole nitrogens is 1. The van der Waals surface area contributed by atoms with Crippen molar-refractivity contribution in [3.05, 3.63) is 87.9 Å². The Labute approximate surface area is 172 Å². The Kier molecular flexibility index (Phi) is 6.23. The van der Waals surface area contributed by atoms with E-state index in [2.05, 4.69) is 20.0 Å². The van der Waals surface area contributed by atoms with Crippen LogP contribution in [0.15, 0.2) is 59.7 Å². The zero-order chi connectivity index (χ0) is 22.6. The Balaban J connectivity index is 1.97. The summed E-state index contributed by atoms with van der Waals surface area (Å²) in [7, 11) is 1.43. The molecule has 0 aliphatic rings. The highest BCUT2D eigenvalue weighted by atomic mass is 19.4. The first-order chi connectivity index (χ1) is 14.7. The minimum atomic E-state index is -5.06. The van der Waals surface area contributed by atoms with Gasteiger partial charge in [-0.1, -0.05) is 6.07 Å². The van der Waals surface area contributed by atoms with E-state index in [1.54, 1.807) is 6.07 Å². The number of benzene rings is 1. The SMILES string of the molecule is COc1ccc(C(NC(=O)c2ccc(=O)[nH]c2)c2ccc(OC(F)(F)F)c(F)c2)nc1. The molecule has 31 heavy (non-hydrogen) atoms. The first kappa shape index (κ1) is 21.8. The van der Waals surface area contributed by atoms with Crippen LogP contribution in [-0.4, -0.2) is 29.3 Å². The Hall–Kier alpha value is -3.89. The number of amides is 1. The number of methoxy groups -OCH3 is 1. The summed E-state index contributed by atoms with van der Waals surface area (Å²) >= 11 is 0. The number of aromatic amines is 1. The van der Waals surface area contributed by atoms with Gasteiger partial charge in [0.25, 0.3) is 5.91 Å². The largest absolute Gasteiger partial charge is 0.573 e. The second kappa shape index (κ2) is 8.86. The molecule has 0 spiro atoms. The molecule has 0 aliphatic carbocycles. The average Bonchev–Trinajstić information content (AvgIpc) is 2.73. The van der Waals surface area contributed by atoms with Gasteiger partial charge in [0.2, 0.25) is 5.56 Å². The Bertz CT molecular complexity index is 1110. The topological polar surface area (TPSA) is 93.3 Å². The fourth-order valence-electron chi connectivity index (χ4n) is 2.68. The third kappa shape index (κ3) is 5.59. The van der Waals surface area contributed by atoms with Crippen molar-refractivity contribution in [2.24, 2.45) is 0 Å². The molecule has 2 heterocycles. The summed E-state index contributed by atoms with van der Waals surface area (Å²) in [5.74, 6) is -2.49. The fourth-order valence-corrected chi connectivity index (χ4v) is 2.68. The van der Waals surface area contributed by atoms with Crippen LogP contribution in [0.2, 0.25) is 0 Å². The van der Waals surface area contributed by atoms with E-state index in [-0.39, 0.29) is 16.8 Å². The molecule has 0 fully saturated rings. The van der Waals surface area contributed by atoms with Gasteiger partial charge >= 0.3 is 6.36 Å². The zero-order valence-corrected chi connectivity index (χ0v) is 15.9. The Morgan fingerprint density at radius 3 is 2.48 bits per heavy atom. The maximum atomic E-state index is 14.3. The summed E-state index contributed by atoms with van der Waals surface area (Å²) < 4.78 is 60.2. The number of halogens is 4. The normalized spacial score (nSPS) is 12.2. The summed E-state index contributed by atoms with van der Waals surface area (Å²) in [6.45, 7) is 0. The van der Waals surface area contributed by atoms with E-state index in [4.69, 9.17) is 4.74 Å². The number of carbonyl (C=O) groups is 1. The predicted molar refractivity (Wildman–Crippen MR) is 100 cm³/mol. The number of hydrogen-bond donors (Lipinski definition) is 2. The number of hydrogen-bond acceptors (Lipinski definition) is 5. The van der Waals surface area contributed by atoms with Crippen molar-refractivity contribution >= 4 is 5.91 Å². The van der Waals surface area contributed by atoms with Gasteiger partial charge in [0, 0.05) is 12.3 Å². The molecule has 0 aliphatic heterocycles. The van der Waals surface area contributed by atoms with Gasteiger partial charge in [-0.3, -0.25) is 14.6 Å². The lowest BCUT2D eigenvalue weighted by molar-refractivity contribution is -0.275. The number of aromatic nitrogens is 2. The smallest absolute Gasteiger partial charge is 0.495 e. The van der Waals surface area contributed by atoms with Gasteiger partial charge in [-0.2, -0.15) is 0 Å². The van der Waals surface area contributed by atoms with Gasteiger partial charge in [-0.25, -0.2) is 4.39 Å². The van der Waals surface area contributed by atoms with Crippen LogP contribution in [0.3, 0.4) is 0 Å². The number of nitrogens with zero attached hydrogens (tertiary/aromatic N) is 1. The van der Waals surface area contributed by atoms with E-state index >= 15 is 0 Å². The van der Waals surface area contributed by atoms with E-state index in [1.165, 1.54) is 37.7 Å². The highest BCUT2D eigenvalue weighted by Gasteiger charge is 2.32. The van der Waals surface area contributed by atoms with E-state index in [9.17, 15) is 27.2 Å². The van der Waals surface area contributed by atoms with Gasteiger partial charge in [0.15, 0.2) is 11.6 Å². The number of alkyl halides is 3. The molecule has 1 aromatic carbocycles. The third-order valence-corrected chi connectivity index (χ3v) is 4.13. The molecule has 7 nitrogen and oxygen atoms in total. The third-order valence-electron chi connectivity index (χ3n) is 4.13. The molecule has 0 bridgehead atoms. The van der Waals surface area contributed by atoms with Gasteiger partial charge in [0.05, 0.1) is 30.6 Å². The van der Waals surface area contributed by atoms with Crippen LogP contribution in [0.1, 0.15) is 27.7 Å². The molecular weight excluding hydrogens is 422 g/mol. The van der Waals surface area contributed by atoms with Crippen molar-refractivity contribution in [2.75, 3.05) is 7.11 Å². The van der Waals surface area contributed by atoms with Crippen LogP contribution >= 0.6 is 0 Å². The molecule has 2 aromatic heterocycles. The average molecular weight is 437 g/mol. The van der Waals surface area contributed by atoms with E-state index in [1.807, 2.05) is 0 Å². The van der Waals surface area contributed by atoms with Crippen molar-refractivity contribution in [3.63, 3.8) is 0 Å². The van der Waals surface area contributed by atoms with Crippen molar-refractivity contribution in [2.45, 2.75) is 12.4 Å². The van der Waals surface area contributed by atoms with Crippen LogP contribution in [0, 0.1) is 5.82 Å². The van der Waals surface area contributed by atoms with Crippen LogP contribution in [0.5, 0.6) is 11.5 Å². The lowest BCUT2D eigenvalue weighted by Crippen LogP contribution is -2.30. The van der Waals surface area contributed by atoms with Crippen LogP contribution in [0.4, 0.5) is 17.6 Å². The van der Waals surface area contributed by atoms with Crippen LogP contribution in [0.25, 0.3) is 0 Å². The van der Waals surface area contributed by atoms with Gasteiger partial charge in [-0.15, -0.1) is 13.2 Å². The van der Waals surface area contributed by atoms with Gasteiger partial charge in [0.1, 0.15) is 5.75 Å².